The molecule has 0 saturated carbocycles. The zero-order valence-corrected chi connectivity index (χ0v) is 11.2. The molecule has 7 heteroatoms. The van der Waals surface area contributed by atoms with Gasteiger partial charge in [0.1, 0.15) is 5.78 Å². The Bertz CT molecular complexity index is 118. The van der Waals surface area contributed by atoms with Gasteiger partial charge in [-0.25, -0.2) is 0 Å². The Morgan fingerprint density at radius 2 is 1.40 bits per heavy atom. The lowest BCUT2D eigenvalue weighted by Crippen LogP contribution is -1.80. The average molecular weight is 284 g/mol. The van der Waals surface area contributed by atoms with Crippen molar-refractivity contribution < 1.29 is 19.8 Å². The first-order valence-corrected chi connectivity index (χ1v) is 5.25. The van der Waals surface area contributed by atoms with Crippen LogP contribution in [0.5, 0.6) is 0 Å². The minimum atomic E-state index is -0.750. The standard InChI is InChI=1S/C4H8O.C2H6O.CHCl3.CH2O2/c1-3-4(2)5;1-2-3;2-1(3)4;2-1-3/h3H2,1-2H3;3H,2H2,1H3;1H;1H,(H,2,3). The maximum absolute atomic E-state index is 9.81. The van der Waals surface area contributed by atoms with Gasteiger partial charge < -0.3 is 15.0 Å². The van der Waals surface area contributed by atoms with Crippen LogP contribution in [0.3, 0.4) is 0 Å². The Morgan fingerprint density at radius 3 is 1.40 bits per heavy atom. The number of halogens is 3. The van der Waals surface area contributed by atoms with E-state index in [4.69, 9.17) is 49.8 Å². The highest BCUT2D eigenvalue weighted by molar-refractivity contribution is 6.63. The van der Waals surface area contributed by atoms with Gasteiger partial charge in [0.25, 0.3) is 6.47 Å². The number of Topliss-reactive ketones (excluding diaryl/α,β-unsaturated/α-hetero) is 1. The summed E-state index contributed by atoms with van der Waals surface area (Å²) >= 11 is 14.4. The van der Waals surface area contributed by atoms with Crippen molar-refractivity contribution in [2.75, 3.05) is 6.61 Å². The second-order valence-corrected chi connectivity index (χ2v) is 3.70. The van der Waals surface area contributed by atoms with Gasteiger partial charge in [-0.1, -0.05) is 41.7 Å². The number of hydrogen-bond acceptors (Lipinski definition) is 3. The van der Waals surface area contributed by atoms with Crippen LogP contribution in [-0.4, -0.2) is 33.4 Å². The topological polar surface area (TPSA) is 74.6 Å². The molecule has 0 fully saturated rings. The van der Waals surface area contributed by atoms with E-state index >= 15 is 0 Å². The summed E-state index contributed by atoms with van der Waals surface area (Å²) in [6.45, 7) is 5.11. The second kappa shape index (κ2) is 29.2. The Kier molecular flexibility index (Phi) is 47.3. The van der Waals surface area contributed by atoms with E-state index < -0.39 is 4.30 Å². The summed E-state index contributed by atoms with van der Waals surface area (Å²) in [4.78, 5) is 18.2. The minimum Gasteiger partial charge on any atom is -0.483 e. The number of carboxylic acid groups (broad SMARTS) is 1. The molecule has 0 amide bonds. The first kappa shape index (κ1) is 24.3. The normalized spacial score (nSPS) is 6.93. The molecule has 0 aromatic rings. The van der Waals surface area contributed by atoms with E-state index in [-0.39, 0.29) is 18.9 Å². The highest BCUT2D eigenvalue weighted by Crippen LogP contribution is 2.03. The van der Waals surface area contributed by atoms with E-state index in [1.807, 2.05) is 6.92 Å². The lowest BCUT2D eigenvalue weighted by Gasteiger charge is -1.71. The van der Waals surface area contributed by atoms with Crippen LogP contribution in [0.15, 0.2) is 0 Å². The van der Waals surface area contributed by atoms with E-state index in [9.17, 15) is 4.79 Å². The van der Waals surface area contributed by atoms with Crippen LogP contribution in [0.25, 0.3) is 0 Å². The molecule has 15 heavy (non-hydrogen) atoms. The van der Waals surface area contributed by atoms with Crippen LogP contribution in [0, 0.1) is 0 Å². The highest BCUT2D eigenvalue weighted by Gasteiger charge is 1.79. The number of aliphatic hydroxyl groups excluding tert-OH is 1. The molecule has 0 aromatic heterocycles. The largest absolute Gasteiger partial charge is 0.483 e. The molecule has 0 spiro atoms. The number of ketones is 1. The zero-order chi connectivity index (χ0) is 13.3. The summed E-state index contributed by atoms with van der Waals surface area (Å²) in [5, 5.41) is 14.5. The van der Waals surface area contributed by atoms with Crippen molar-refractivity contribution in [2.24, 2.45) is 0 Å². The molecule has 0 radical (unpaired) electrons. The summed E-state index contributed by atoms with van der Waals surface area (Å²) in [5.41, 5.74) is 0. The van der Waals surface area contributed by atoms with Gasteiger partial charge in [0.05, 0.1) is 0 Å². The predicted molar refractivity (Wildman–Crippen MR) is 63.8 cm³/mol. The number of carbonyl (C=O) groups is 2. The Morgan fingerprint density at radius 1 is 1.33 bits per heavy atom. The van der Waals surface area contributed by atoms with Crippen molar-refractivity contribution in [2.45, 2.75) is 31.5 Å². The smallest absolute Gasteiger partial charge is 0.290 e. The molecule has 0 rings (SSSR count). The van der Waals surface area contributed by atoms with Crippen LogP contribution in [0.1, 0.15) is 27.2 Å². The quantitative estimate of drug-likeness (QED) is 0.573. The molecule has 4 nitrogen and oxygen atoms in total. The molecular formula is C8H17Cl3O4. The maximum atomic E-state index is 9.81. The monoisotopic (exact) mass is 282 g/mol. The average Bonchev–Trinajstić information content (AvgIpc) is 2.06. The van der Waals surface area contributed by atoms with Gasteiger partial charge in [-0.15, -0.1) is 0 Å². The number of aliphatic hydroxyl groups is 1. The first-order chi connectivity index (χ1) is 6.83. The third kappa shape index (κ3) is 516. The van der Waals surface area contributed by atoms with Gasteiger partial charge in [-0.2, -0.15) is 0 Å². The van der Waals surface area contributed by atoms with Gasteiger partial charge in [0.15, 0.2) is 4.30 Å². The summed E-state index contributed by atoms with van der Waals surface area (Å²) in [6, 6.07) is 0. The number of alkyl halides is 3. The molecule has 0 atom stereocenters. The van der Waals surface area contributed by atoms with E-state index in [1.165, 1.54) is 0 Å². The van der Waals surface area contributed by atoms with Crippen LogP contribution in [0.2, 0.25) is 0 Å². The molecule has 0 unspecified atom stereocenters. The van der Waals surface area contributed by atoms with Crippen molar-refractivity contribution >= 4 is 47.1 Å². The lowest BCUT2D eigenvalue weighted by molar-refractivity contribution is -0.123. The third-order valence-electron chi connectivity index (χ3n) is 0.498. The van der Waals surface area contributed by atoms with Gasteiger partial charge in [0.2, 0.25) is 0 Å². The fraction of sp³-hybridized carbons (Fsp3) is 0.750. The molecule has 0 heterocycles. The number of carbonyl (C=O) groups excluding carboxylic acids is 1. The molecular weight excluding hydrogens is 266 g/mol. The third-order valence-corrected chi connectivity index (χ3v) is 0.498. The Labute approximate surface area is 105 Å². The predicted octanol–water partition coefficient (Wildman–Crippen LogP) is 2.67. The van der Waals surface area contributed by atoms with E-state index in [0.29, 0.717) is 6.42 Å². The lowest BCUT2D eigenvalue weighted by atomic mass is 10.4. The van der Waals surface area contributed by atoms with Crippen LogP contribution in [-0.2, 0) is 9.59 Å². The first-order valence-electron chi connectivity index (χ1n) is 3.94. The van der Waals surface area contributed by atoms with Crippen LogP contribution in [0.4, 0.5) is 0 Å². The molecule has 0 bridgehead atoms. The minimum absolute atomic E-state index is 0.250. The van der Waals surface area contributed by atoms with Crippen molar-refractivity contribution in [3.63, 3.8) is 0 Å². The molecule has 0 aliphatic rings. The van der Waals surface area contributed by atoms with Crippen molar-refractivity contribution in [1.29, 1.82) is 0 Å². The SMILES string of the molecule is CCC(C)=O.CCO.ClC(Cl)Cl.O=CO. The fourth-order valence-electron chi connectivity index (χ4n) is 0. The summed E-state index contributed by atoms with van der Waals surface area (Å²) < 4.78 is -0.750. The molecule has 2 N–H and O–H groups in total. The van der Waals surface area contributed by atoms with E-state index in [1.54, 1.807) is 13.8 Å². The Hall–Kier alpha value is -0.0300. The van der Waals surface area contributed by atoms with Crippen molar-refractivity contribution in [3.8, 4) is 0 Å². The second-order valence-electron chi connectivity index (χ2n) is 1.72. The number of rotatable bonds is 1. The maximum Gasteiger partial charge on any atom is 0.290 e. The van der Waals surface area contributed by atoms with E-state index in [0.717, 1.165) is 0 Å². The van der Waals surface area contributed by atoms with Gasteiger partial charge in [-0.05, 0) is 13.8 Å². The highest BCUT2D eigenvalue weighted by atomic mass is 35.6. The molecule has 0 aliphatic heterocycles. The summed E-state index contributed by atoms with van der Waals surface area (Å²) in [5.74, 6) is 0.255. The van der Waals surface area contributed by atoms with Crippen molar-refractivity contribution in [3.05, 3.63) is 0 Å². The van der Waals surface area contributed by atoms with Gasteiger partial charge >= 0.3 is 0 Å². The van der Waals surface area contributed by atoms with E-state index in [2.05, 4.69) is 0 Å². The van der Waals surface area contributed by atoms with Gasteiger partial charge in [0, 0.05) is 13.0 Å². The Balaban J connectivity index is -0.0000000553. The molecule has 0 aromatic carbocycles. The fourth-order valence-corrected chi connectivity index (χ4v) is 0. The number of hydrogen-bond donors (Lipinski definition) is 2. The van der Waals surface area contributed by atoms with Crippen LogP contribution >= 0.6 is 34.8 Å². The van der Waals surface area contributed by atoms with Crippen molar-refractivity contribution in [1.82, 2.24) is 0 Å². The molecule has 0 aliphatic carbocycles. The van der Waals surface area contributed by atoms with Gasteiger partial charge in [-0.3, -0.25) is 4.79 Å². The zero-order valence-electron chi connectivity index (χ0n) is 8.91. The summed E-state index contributed by atoms with van der Waals surface area (Å²) in [7, 11) is 0. The summed E-state index contributed by atoms with van der Waals surface area (Å²) in [6.07, 6.45) is 0.667. The van der Waals surface area contributed by atoms with Crippen LogP contribution < -0.4 is 0 Å². The molecule has 0 saturated heterocycles. The molecule has 94 valence electrons.